The van der Waals surface area contributed by atoms with Gasteiger partial charge < -0.3 is 0 Å². The molecule has 4 heteroatoms. The molecule has 1 nitrogen and oxygen atoms in total. The Labute approximate surface area is 84.1 Å². The molecule has 0 fully saturated rings. The van der Waals surface area contributed by atoms with Gasteiger partial charge in [-0.1, -0.05) is 23.2 Å². The van der Waals surface area contributed by atoms with Crippen LogP contribution in [0.1, 0.15) is 0 Å². The van der Waals surface area contributed by atoms with Crippen molar-refractivity contribution in [1.29, 1.82) is 0 Å². The lowest BCUT2D eigenvalue weighted by Gasteiger charge is -2.00. The molecule has 13 heavy (non-hydrogen) atoms. The summed E-state index contributed by atoms with van der Waals surface area (Å²) in [6.45, 7) is 0. The third-order valence-electron chi connectivity index (χ3n) is 1.69. The Kier molecular flexibility index (Phi) is 2.10. The molecule has 2 aromatic rings. The van der Waals surface area contributed by atoms with Gasteiger partial charge >= 0.3 is 0 Å². The monoisotopic (exact) mass is 215 g/mol. The fourth-order valence-corrected chi connectivity index (χ4v) is 1.64. The predicted octanol–water partition coefficient (Wildman–Crippen LogP) is 3.68. The maximum absolute atomic E-state index is 12.8. The van der Waals surface area contributed by atoms with E-state index in [1.165, 1.54) is 18.2 Å². The number of nitrogens with zero attached hydrogens (tertiary/aromatic N) is 1. The number of fused-ring (bicyclic) bond motifs is 1. The van der Waals surface area contributed by atoms with Crippen molar-refractivity contribution in [1.82, 2.24) is 4.98 Å². The maximum atomic E-state index is 12.8. The fraction of sp³-hybridized carbons (Fsp3) is 0. The maximum Gasteiger partial charge on any atom is 0.131 e. The van der Waals surface area contributed by atoms with E-state index in [-0.39, 0.29) is 5.82 Å². The van der Waals surface area contributed by atoms with Crippen molar-refractivity contribution in [3.8, 4) is 0 Å². The summed E-state index contributed by atoms with van der Waals surface area (Å²) in [6, 6.07) is 5.69. The topological polar surface area (TPSA) is 12.9 Å². The second-order valence-electron chi connectivity index (χ2n) is 2.59. The Hall–Kier alpha value is -0.860. The molecule has 1 aromatic carbocycles. The standard InChI is InChI=1S/C9H4Cl2FN/c10-7-4-9(11)13-8-2-1-5(12)3-6(7)8/h1-4H. The normalized spacial score (nSPS) is 10.7. The Morgan fingerprint density at radius 1 is 1.15 bits per heavy atom. The van der Waals surface area contributed by atoms with Crippen LogP contribution in [0.4, 0.5) is 4.39 Å². The molecular formula is C9H4Cl2FN. The van der Waals surface area contributed by atoms with Gasteiger partial charge in [-0.05, 0) is 24.3 Å². The highest BCUT2D eigenvalue weighted by Gasteiger charge is 2.03. The van der Waals surface area contributed by atoms with Crippen LogP contribution in [-0.4, -0.2) is 4.98 Å². The molecule has 0 saturated carbocycles. The van der Waals surface area contributed by atoms with Crippen LogP contribution in [0.3, 0.4) is 0 Å². The summed E-state index contributed by atoms with van der Waals surface area (Å²) >= 11 is 11.5. The summed E-state index contributed by atoms with van der Waals surface area (Å²) in [5, 5.41) is 1.30. The van der Waals surface area contributed by atoms with Gasteiger partial charge in [-0.3, -0.25) is 0 Å². The van der Waals surface area contributed by atoms with Crippen LogP contribution in [-0.2, 0) is 0 Å². The van der Waals surface area contributed by atoms with Crippen LogP contribution in [0.15, 0.2) is 24.3 Å². The zero-order chi connectivity index (χ0) is 9.42. The number of pyridine rings is 1. The van der Waals surface area contributed by atoms with E-state index >= 15 is 0 Å². The molecular weight excluding hydrogens is 212 g/mol. The summed E-state index contributed by atoms with van der Waals surface area (Å²) in [7, 11) is 0. The van der Waals surface area contributed by atoms with E-state index in [1.54, 1.807) is 6.07 Å². The van der Waals surface area contributed by atoms with Crippen molar-refractivity contribution in [2.24, 2.45) is 0 Å². The second kappa shape index (κ2) is 3.13. The molecule has 0 spiro atoms. The Morgan fingerprint density at radius 2 is 1.92 bits per heavy atom. The summed E-state index contributed by atoms with van der Waals surface area (Å²) in [6.07, 6.45) is 0. The van der Waals surface area contributed by atoms with Gasteiger partial charge in [0.1, 0.15) is 11.0 Å². The molecule has 0 unspecified atom stereocenters. The zero-order valence-electron chi connectivity index (χ0n) is 6.39. The lowest BCUT2D eigenvalue weighted by atomic mass is 10.2. The van der Waals surface area contributed by atoms with Gasteiger partial charge in [-0.2, -0.15) is 0 Å². The second-order valence-corrected chi connectivity index (χ2v) is 3.38. The summed E-state index contributed by atoms with van der Waals surface area (Å²) in [4.78, 5) is 3.99. The number of hydrogen-bond acceptors (Lipinski definition) is 1. The molecule has 0 amide bonds. The fourth-order valence-electron chi connectivity index (χ4n) is 1.13. The van der Waals surface area contributed by atoms with Crippen molar-refractivity contribution < 1.29 is 4.39 Å². The van der Waals surface area contributed by atoms with E-state index in [4.69, 9.17) is 23.2 Å². The largest absolute Gasteiger partial charge is 0.236 e. The Bertz CT molecular complexity index is 470. The van der Waals surface area contributed by atoms with Crippen molar-refractivity contribution in [3.05, 3.63) is 40.3 Å². The van der Waals surface area contributed by atoms with E-state index in [9.17, 15) is 4.39 Å². The first-order chi connectivity index (χ1) is 6.16. The number of benzene rings is 1. The first-order valence-electron chi connectivity index (χ1n) is 3.58. The molecule has 0 aliphatic carbocycles. The van der Waals surface area contributed by atoms with Gasteiger partial charge in [0.25, 0.3) is 0 Å². The highest BCUT2D eigenvalue weighted by Crippen LogP contribution is 2.25. The first-order valence-corrected chi connectivity index (χ1v) is 4.34. The highest BCUT2D eigenvalue weighted by atomic mass is 35.5. The zero-order valence-corrected chi connectivity index (χ0v) is 7.90. The minimum atomic E-state index is -0.335. The minimum absolute atomic E-state index is 0.309. The quantitative estimate of drug-likeness (QED) is 0.612. The van der Waals surface area contributed by atoms with Gasteiger partial charge in [0.15, 0.2) is 0 Å². The van der Waals surface area contributed by atoms with Gasteiger partial charge in [-0.15, -0.1) is 0 Å². The third-order valence-corrected chi connectivity index (χ3v) is 2.20. The predicted molar refractivity (Wildman–Crippen MR) is 51.7 cm³/mol. The summed E-state index contributed by atoms with van der Waals surface area (Å²) < 4.78 is 12.8. The van der Waals surface area contributed by atoms with Crippen LogP contribution < -0.4 is 0 Å². The molecule has 2 rings (SSSR count). The number of aromatic nitrogens is 1. The lowest BCUT2D eigenvalue weighted by molar-refractivity contribution is 0.629. The van der Waals surface area contributed by atoms with E-state index in [0.717, 1.165) is 0 Å². The Morgan fingerprint density at radius 3 is 2.69 bits per heavy atom. The van der Waals surface area contributed by atoms with Gasteiger partial charge in [0.2, 0.25) is 0 Å². The molecule has 66 valence electrons. The molecule has 0 aliphatic heterocycles. The number of halogens is 3. The van der Waals surface area contributed by atoms with Crippen LogP contribution in [0.5, 0.6) is 0 Å². The van der Waals surface area contributed by atoms with E-state index in [0.29, 0.717) is 21.1 Å². The van der Waals surface area contributed by atoms with Crippen molar-refractivity contribution >= 4 is 34.1 Å². The smallest absolute Gasteiger partial charge is 0.131 e. The molecule has 0 saturated heterocycles. The van der Waals surface area contributed by atoms with Gasteiger partial charge in [0, 0.05) is 5.39 Å². The molecule has 0 bridgehead atoms. The molecule has 0 N–H and O–H groups in total. The number of rotatable bonds is 0. The lowest BCUT2D eigenvalue weighted by Crippen LogP contribution is -1.82. The molecule has 0 radical (unpaired) electrons. The van der Waals surface area contributed by atoms with Gasteiger partial charge in [-0.25, -0.2) is 9.37 Å². The van der Waals surface area contributed by atoms with Crippen molar-refractivity contribution in [3.63, 3.8) is 0 Å². The Balaban J connectivity index is 2.87. The molecule has 0 atom stereocenters. The minimum Gasteiger partial charge on any atom is -0.236 e. The summed E-state index contributed by atoms with van der Waals surface area (Å²) in [5.41, 5.74) is 0.596. The molecule has 1 heterocycles. The van der Waals surface area contributed by atoms with Crippen LogP contribution in [0, 0.1) is 5.82 Å². The van der Waals surface area contributed by atoms with Crippen LogP contribution in [0.25, 0.3) is 10.9 Å². The average molecular weight is 216 g/mol. The summed E-state index contributed by atoms with van der Waals surface area (Å²) in [5.74, 6) is -0.335. The van der Waals surface area contributed by atoms with E-state index < -0.39 is 0 Å². The van der Waals surface area contributed by atoms with E-state index in [1.807, 2.05) is 0 Å². The SMILES string of the molecule is Fc1ccc2nc(Cl)cc(Cl)c2c1. The molecule has 1 aromatic heterocycles. The van der Waals surface area contributed by atoms with E-state index in [2.05, 4.69) is 4.98 Å². The highest BCUT2D eigenvalue weighted by molar-refractivity contribution is 6.37. The average Bonchev–Trinajstić information content (AvgIpc) is 2.06. The van der Waals surface area contributed by atoms with Gasteiger partial charge in [0.05, 0.1) is 10.5 Å². The van der Waals surface area contributed by atoms with Crippen molar-refractivity contribution in [2.45, 2.75) is 0 Å². The third kappa shape index (κ3) is 1.60. The van der Waals surface area contributed by atoms with Crippen LogP contribution >= 0.6 is 23.2 Å². The molecule has 0 aliphatic rings. The van der Waals surface area contributed by atoms with Crippen molar-refractivity contribution in [2.75, 3.05) is 0 Å². The van der Waals surface area contributed by atoms with Crippen LogP contribution in [0.2, 0.25) is 10.2 Å². The first kappa shape index (κ1) is 8.73. The number of hydrogen-bond donors (Lipinski definition) is 0.